The van der Waals surface area contributed by atoms with Crippen LogP contribution in [-0.4, -0.2) is 25.0 Å². The molecular weight excluding hydrogens is 338 g/mol. The van der Waals surface area contributed by atoms with E-state index in [1.54, 1.807) is 6.07 Å². The van der Waals surface area contributed by atoms with Crippen LogP contribution < -0.4 is 0 Å². The molecule has 0 aromatic carbocycles. The molecule has 1 N–H and O–H groups in total. The molecule has 0 spiro atoms. The molecule has 2 atom stereocenters. The van der Waals surface area contributed by atoms with E-state index in [4.69, 9.17) is 0 Å². The van der Waals surface area contributed by atoms with Crippen LogP contribution in [0, 0.1) is 23.7 Å². The standard InChI is InChI=1S/C11H12BrNO3S2/c1-7-8(12)4-9(17-7)10(14)11(5-13)2-3-18(15,16)6-11/h4,10,14H,2-3,6H2,1H3. The molecular formula is C11H12BrNO3S2. The zero-order valence-corrected chi connectivity index (χ0v) is 12.9. The fourth-order valence-corrected chi connectivity index (χ4v) is 5.76. The first-order valence-corrected chi connectivity index (χ1v) is 8.78. The highest BCUT2D eigenvalue weighted by Crippen LogP contribution is 2.45. The Labute approximate surface area is 118 Å². The van der Waals surface area contributed by atoms with E-state index in [9.17, 15) is 18.8 Å². The van der Waals surface area contributed by atoms with Gasteiger partial charge in [-0.05, 0) is 35.3 Å². The highest BCUT2D eigenvalue weighted by Gasteiger charge is 2.49. The quantitative estimate of drug-likeness (QED) is 0.887. The number of hydrogen-bond donors (Lipinski definition) is 1. The number of nitrogens with zero attached hydrogens (tertiary/aromatic N) is 1. The molecule has 4 nitrogen and oxygen atoms in total. The summed E-state index contributed by atoms with van der Waals surface area (Å²) in [7, 11) is -3.21. The van der Waals surface area contributed by atoms with Gasteiger partial charge in [0.2, 0.25) is 0 Å². The lowest BCUT2D eigenvalue weighted by Gasteiger charge is -2.24. The Bertz CT molecular complexity index is 597. The lowest BCUT2D eigenvalue weighted by molar-refractivity contribution is 0.0825. The lowest BCUT2D eigenvalue weighted by atomic mass is 9.82. The van der Waals surface area contributed by atoms with Crippen molar-refractivity contribution in [2.75, 3.05) is 11.5 Å². The molecule has 18 heavy (non-hydrogen) atoms. The van der Waals surface area contributed by atoms with E-state index in [1.807, 2.05) is 13.0 Å². The van der Waals surface area contributed by atoms with Crippen LogP contribution in [0.3, 0.4) is 0 Å². The van der Waals surface area contributed by atoms with E-state index >= 15 is 0 Å². The van der Waals surface area contributed by atoms with Gasteiger partial charge >= 0.3 is 0 Å². The summed E-state index contributed by atoms with van der Waals surface area (Å²) in [5, 5.41) is 19.6. The first kappa shape index (κ1) is 14.0. The number of halogens is 1. The fourth-order valence-electron chi connectivity index (χ4n) is 2.13. The molecule has 1 saturated heterocycles. The molecule has 7 heteroatoms. The molecule has 0 amide bonds. The van der Waals surface area contributed by atoms with E-state index in [2.05, 4.69) is 15.9 Å². The predicted octanol–water partition coefficient (Wildman–Crippen LogP) is 2.18. The molecule has 0 bridgehead atoms. The number of aliphatic hydroxyl groups is 1. The number of aryl methyl sites for hydroxylation is 1. The summed E-state index contributed by atoms with van der Waals surface area (Å²) in [5.41, 5.74) is -1.20. The summed E-state index contributed by atoms with van der Waals surface area (Å²) in [5.74, 6) is -0.282. The van der Waals surface area contributed by atoms with E-state index in [1.165, 1.54) is 11.3 Å². The van der Waals surface area contributed by atoms with Gasteiger partial charge in [0.25, 0.3) is 0 Å². The van der Waals surface area contributed by atoms with E-state index in [0.29, 0.717) is 4.88 Å². The Hall–Kier alpha value is -0.420. The van der Waals surface area contributed by atoms with Crippen molar-refractivity contribution in [1.29, 1.82) is 5.26 Å². The van der Waals surface area contributed by atoms with Crippen molar-refractivity contribution in [1.82, 2.24) is 0 Å². The molecule has 2 heterocycles. The van der Waals surface area contributed by atoms with Crippen molar-refractivity contribution < 1.29 is 13.5 Å². The van der Waals surface area contributed by atoms with Crippen molar-refractivity contribution in [2.45, 2.75) is 19.4 Å². The summed E-state index contributed by atoms with van der Waals surface area (Å²) in [6, 6.07) is 3.78. The van der Waals surface area contributed by atoms with Crippen LogP contribution >= 0.6 is 27.3 Å². The smallest absolute Gasteiger partial charge is 0.152 e. The molecule has 1 fully saturated rings. The summed E-state index contributed by atoms with van der Waals surface area (Å²) in [4.78, 5) is 1.64. The molecule has 1 aliphatic rings. The van der Waals surface area contributed by atoms with Gasteiger partial charge in [0.05, 0.1) is 17.6 Å². The maximum absolute atomic E-state index is 11.5. The number of sulfone groups is 1. The minimum atomic E-state index is -3.21. The Morgan fingerprint density at radius 1 is 1.67 bits per heavy atom. The van der Waals surface area contributed by atoms with Crippen LogP contribution in [0.5, 0.6) is 0 Å². The van der Waals surface area contributed by atoms with E-state index < -0.39 is 21.4 Å². The summed E-state index contributed by atoms with van der Waals surface area (Å²) in [6.45, 7) is 1.90. The summed E-state index contributed by atoms with van der Waals surface area (Å²) in [6.07, 6.45) is -0.851. The van der Waals surface area contributed by atoms with Gasteiger partial charge in [0, 0.05) is 14.2 Å². The van der Waals surface area contributed by atoms with Crippen molar-refractivity contribution >= 4 is 37.1 Å². The maximum atomic E-state index is 11.5. The second kappa shape index (κ2) is 4.60. The van der Waals surface area contributed by atoms with Gasteiger partial charge in [-0.15, -0.1) is 11.3 Å². The van der Waals surface area contributed by atoms with Crippen LogP contribution in [0.25, 0.3) is 0 Å². The molecule has 1 aromatic heterocycles. The second-order valence-electron chi connectivity index (χ2n) is 4.57. The van der Waals surface area contributed by atoms with Gasteiger partial charge in [-0.1, -0.05) is 0 Å². The minimum absolute atomic E-state index is 0.0247. The first-order valence-electron chi connectivity index (χ1n) is 5.35. The highest BCUT2D eigenvalue weighted by atomic mass is 79.9. The zero-order chi connectivity index (χ0) is 13.6. The van der Waals surface area contributed by atoms with E-state index in [0.717, 1.165) is 9.35 Å². The number of rotatable bonds is 2. The third-order valence-electron chi connectivity index (χ3n) is 3.23. The molecule has 0 aliphatic carbocycles. The van der Waals surface area contributed by atoms with Gasteiger partial charge in [0.1, 0.15) is 11.5 Å². The average Bonchev–Trinajstić information content (AvgIpc) is 2.80. The average molecular weight is 350 g/mol. The fraction of sp³-hybridized carbons (Fsp3) is 0.545. The van der Waals surface area contributed by atoms with Crippen LogP contribution in [0.4, 0.5) is 0 Å². The van der Waals surface area contributed by atoms with Crippen LogP contribution in [0.2, 0.25) is 0 Å². The first-order chi connectivity index (χ1) is 8.30. The van der Waals surface area contributed by atoms with Crippen LogP contribution in [-0.2, 0) is 9.84 Å². The van der Waals surface area contributed by atoms with Crippen LogP contribution in [0.1, 0.15) is 22.3 Å². The number of thiophene rings is 1. The Balaban J connectivity index is 2.38. The zero-order valence-electron chi connectivity index (χ0n) is 9.68. The van der Waals surface area contributed by atoms with Crippen molar-refractivity contribution in [2.24, 2.45) is 5.41 Å². The van der Waals surface area contributed by atoms with Crippen molar-refractivity contribution in [3.63, 3.8) is 0 Å². The summed E-state index contributed by atoms with van der Waals surface area (Å²) >= 11 is 4.73. The van der Waals surface area contributed by atoms with Gasteiger partial charge < -0.3 is 5.11 Å². The van der Waals surface area contributed by atoms with Gasteiger partial charge in [-0.2, -0.15) is 5.26 Å². The largest absolute Gasteiger partial charge is 0.386 e. The molecule has 0 saturated carbocycles. The van der Waals surface area contributed by atoms with E-state index in [-0.39, 0.29) is 17.9 Å². The SMILES string of the molecule is Cc1sc(C(O)C2(C#N)CCS(=O)(=O)C2)cc1Br. The topological polar surface area (TPSA) is 78.2 Å². The molecule has 1 aliphatic heterocycles. The van der Waals surface area contributed by atoms with Gasteiger partial charge in [-0.25, -0.2) is 8.42 Å². The maximum Gasteiger partial charge on any atom is 0.152 e. The number of aliphatic hydroxyl groups excluding tert-OH is 1. The Morgan fingerprint density at radius 2 is 2.33 bits per heavy atom. The Kier molecular flexibility index (Phi) is 3.58. The molecule has 2 unspecified atom stereocenters. The Morgan fingerprint density at radius 3 is 2.72 bits per heavy atom. The number of hydrogen-bond acceptors (Lipinski definition) is 5. The minimum Gasteiger partial charge on any atom is -0.386 e. The monoisotopic (exact) mass is 349 g/mol. The second-order valence-corrected chi connectivity index (χ2v) is 8.89. The highest BCUT2D eigenvalue weighted by molar-refractivity contribution is 9.10. The lowest BCUT2D eigenvalue weighted by Crippen LogP contribution is -2.28. The summed E-state index contributed by atoms with van der Waals surface area (Å²) < 4.78 is 24.0. The molecule has 0 radical (unpaired) electrons. The number of nitriles is 1. The van der Waals surface area contributed by atoms with Crippen molar-refractivity contribution in [3.8, 4) is 6.07 Å². The predicted molar refractivity (Wildman–Crippen MR) is 73.0 cm³/mol. The molecule has 98 valence electrons. The molecule has 2 rings (SSSR count). The van der Waals surface area contributed by atoms with Gasteiger partial charge in [0.15, 0.2) is 9.84 Å². The molecule has 1 aromatic rings. The van der Waals surface area contributed by atoms with Crippen molar-refractivity contribution in [3.05, 3.63) is 20.3 Å². The van der Waals surface area contributed by atoms with Crippen LogP contribution in [0.15, 0.2) is 10.5 Å². The van der Waals surface area contributed by atoms with Gasteiger partial charge in [-0.3, -0.25) is 0 Å². The third kappa shape index (κ3) is 2.35. The normalized spacial score (nSPS) is 27.9. The third-order valence-corrected chi connectivity index (χ3v) is 7.20.